The van der Waals surface area contributed by atoms with Crippen LogP contribution in [0, 0.1) is 0 Å². The van der Waals surface area contributed by atoms with Gasteiger partial charge in [0.1, 0.15) is 16.4 Å². The second-order valence-electron chi connectivity index (χ2n) is 7.62. The summed E-state index contributed by atoms with van der Waals surface area (Å²) < 4.78 is 46.6. The molecule has 0 saturated carbocycles. The lowest BCUT2D eigenvalue weighted by atomic mass is 9.87. The molecule has 3 aromatic rings. The molecule has 1 spiro atoms. The number of aromatic nitrogens is 1. The Morgan fingerprint density at radius 3 is 2.53 bits per heavy atom. The molecular weight excluding hydrogens is 429 g/mol. The van der Waals surface area contributed by atoms with Gasteiger partial charge in [-0.2, -0.15) is 13.2 Å². The number of fused-ring (bicyclic) bond motifs is 1. The van der Waals surface area contributed by atoms with Crippen molar-refractivity contribution in [2.24, 2.45) is 0 Å². The standard InChI is InChI=1S/C22H19F3N2OS2/c23-22(24,25)16-6-2-4-8-18(16)29-20-26-14-19(30-20)27-11-9-21(10-12-27)13-15-5-1-3-7-17(15)28-21/h1-8,14H,9-13H2. The summed E-state index contributed by atoms with van der Waals surface area (Å²) in [7, 11) is 0. The molecule has 8 heteroatoms. The maximum absolute atomic E-state index is 13.2. The lowest BCUT2D eigenvalue weighted by molar-refractivity contribution is -0.139. The molecule has 3 nitrogen and oxygen atoms in total. The van der Waals surface area contributed by atoms with Crippen molar-refractivity contribution in [1.82, 2.24) is 4.98 Å². The van der Waals surface area contributed by atoms with Crippen LogP contribution in [0.1, 0.15) is 24.0 Å². The quantitative estimate of drug-likeness (QED) is 0.470. The van der Waals surface area contributed by atoms with Crippen molar-refractivity contribution < 1.29 is 17.9 Å². The highest BCUT2D eigenvalue weighted by atomic mass is 32.2. The molecule has 1 aromatic heterocycles. The second kappa shape index (κ2) is 7.50. The zero-order chi connectivity index (χ0) is 20.8. The van der Waals surface area contributed by atoms with Gasteiger partial charge < -0.3 is 9.64 Å². The fourth-order valence-corrected chi connectivity index (χ4v) is 6.23. The van der Waals surface area contributed by atoms with E-state index in [0.717, 1.165) is 60.9 Å². The van der Waals surface area contributed by atoms with Gasteiger partial charge in [-0.05, 0) is 23.8 Å². The fourth-order valence-electron chi connectivity index (χ4n) is 4.11. The number of nitrogens with zero attached hydrogens (tertiary/aromatic N) is 2. The number of thiazole rings is 1. The first-order chi connectivity index (χ1) is 14.4. The number of hydrogen-bond donors (Lipinski definition) is 0. The van der Waals surface area contributed by atoms with Gasteiger partial charge in [0.15, 0.2) is 4.34 Å². The van der Waals surface area contributed by atoms with Gasteiger partial charge in [-0.1, -0.05) is 53.4 Å². The molecule has 0 amide bonds. The highest BCUT2D eigenvalue weighted by Crippen LogP contribution is 2.44. The van der Waals surface area contributed by atoms with Crippen LogP contribution in [0.3, 0.4) is 0 Å². The van der Waals surface area contributed by atoms with E-state index >= 15 is 0 Å². The Balaban J connectivity index is 1.26. The number of benzene rings is 2. The molecule has 0 radical (unpaired) electrons. The van der Waals surface area contributed by atoms with Crippen LogP contribution in [-0.4, -0.2) is 23.7 Å². The fraction of sp³-hybridized carbons (Fsp3) is 0.318. The highest BCUT2D eigenvalue weighted by molar-refractivity contribution is 8.01. The molecule has 0 unspecified atom stereocenters. The van der Waals surface area contributed by atoms with Crippen molar-refractivity contribution in [2.45, 2.75) is 40.3 Å². The first-order valence-electron chi connectivity index (χ1n) is 9.74. The van der Waals surface area contributed by atoms with E-state index in [4.69, 9.17) is 4.74 Å². The number of rotatable bonds is 3. The van der Waals surface area contributed by atoms with Crippen LogP contribution in [0.4, 0.5) is 18.2 Å². The van der Waals surface area contributed by atoms with Gasteiger partial charge in [-0.15, -0.1) is 0 Å². The Morgan fingerprint density at radius 1 is 1.03 bits per heavy atom. The van der Waals surface area contributed by atoms with Gasteiger partial charge in [-0.3, -0.25) is 0 Å². The van der Waals surface area contributed by atoms with Crippen LogP contribution in [0.2, 0.25) is 0 Å². The third-order valence-corrected chi connectivity index (χ3v) is 7.87. The third-order valence-electron chi connectivity index (χ3n) is 5.66. The Hall–Kier alpha value is -2.19. The van der Waals surface area contributed by atoms with E-state index in [1.54, 1.807) is 12.3 Å². The minimum absolute atomic E-state index is 0.131. The lowest BCUT2D eigenvalue weighted by Crippen LogP contribution is -2.47. The number of ether oxygens (including phenoxy) is 1. The van der Waals surface area contributed by atoms with Crippen LogP contribution in [0.25, 0.3) is 0 Å². The van der Waals surface area contributed by atoms with E-state index < -0.39 is 11.7 Å². The summed E-state index contributed by atoms with van der Waals surface area (Å²) in [5.41, 5.74) is 0.518. The largest absolute Gasteiger partial charge is 0.487 e. The zero-order valence-electron chi connectivity index (χ0n) is 16.0. The molecule has 0 bridgehead atoms. The summed E-state index contributed by atoms with van der Waals surface area (Å²) in [4.78, 5) is 6.81. The predicted molar refractivity (Wildman–Crippen MR) is 113 cm³/mol. The van der Waals surface area contributed by atoms with E-state index in [1.807, 2.05) is 18.2 Å². The summed E-state index contributed by atoms with van der Waals surface area (Å²) in [5, 5.41) is 0.993. The number of halogens is 3. The van der Waals surface area contributed by atoms with Gasteiger partial charge in [-0.25, -0.2) is 4.98 Å². The first-order valence-corrected chi connectivity index (χ1v) is 11.4. The van der Waals surface area contributed by atoms with Crippen LogP contribution in [0.15, 0.2) is 64.0 Å². The Bertz CT molecular complexity index is 1030. The number of alkyl halides is 3. The lowest BCUT2D eigenvalue weighted by Gasteiger charge is -2.39. The molecule has 30 heavy (non-hydrogen) atoms. The van der Waals surface area contributed by atoms with Crippen LogP contribution >= 0.6 is 23.1 Å². The summed E-state index contributed by atoms with van der Waals surface area (Å²) in [6.07, 6.45) is 0.169. The maximum atomic E-state index is 13.2. The minimum atomic E-state index is -4.37. The predicted octanol–water partition coefficient (Wildman–Crippen LogP) is 6.29. The van der Waals surface area contributed by atoms with E-state index in [1.165, 1.54) is 29.0 Å². The van der Waals surface area contributed by atoms with Crippen molar-refractivity contribution in [1.29, 1.82) is 0 Å². The summed E-state index contributed by atoms with van der Waals surface area (Å²) in [6, 6.07) is 13.8. The van der Waals surface area contributed by atoms with Gasteiger partial charge >= 0.3 is 6.18 Å². The molecule has 0 N–H and O–H groups in total. The topological polar surface area (TPSA) is 25.4 Å². The van der Waals surface area contributed by atoms with Crippen molar-refractivity contribution in [2.75, 3.05) is 18.0 Å². The molecule has 2 aliphatic rings. The SMILES string of the molecule is FC(F)(F)c1ccccc1Sc1ncc(N2CCC3(CC2)Cc2ccccc2O3)s1. The first kappa shape index (κ1) is 19.8. The van der Waals surface area contributed by atoms with Gasteiger partial charge in [0.2, 0.25) is 0 Å². The summed E-state index contributed by atoms with van der Waals surface area (Å²) in [6.45, 7) is 1.69. The van der Waals surface area contributed by atoms with E-state index in [0.29, 0.717) is 4.34 Å². The third kappa shape index (κ3) is 3.78. The van der Waals surface area contributed by atoms with Crippen LogP contribution < -0.4 is 9.64 Å². The van der Waals surface area contributed by atoms with Crippen molar-refractivity contribution in [3.8, 4) is 5.75 Å². The maximum Gasteiger partial charge on any atom is 0.417 e. The molecule has 0 aliphatic carbocycles. The summed E-state index contributed by atoms with van der Waals surface area (Å²) in [5.74, 6) is 0.991. The average Bonchev–Trinajstić information content (AvgIpc) is 3.32. The average molecular weight is 449 g/mol. The number of anilines is 1. The molecule has 5 rings (SSSR count). The van der Waals surface area contributed by atoms with E-state index in [-0.39, 0.29) is 10.5 Å². The molecule has 3 heterocycles. The number of para-hydroxylation sites is 1. The van der Waals surface area contributed by atoms with Crippen LogP contribution in [0.5, 0.6) is 5.75 Å². The molecule has 0 atom stereocenters. The van der Waals surface area contributed by atoms with E-state index in [9.17, 15) is 13.2 Å². The molecule has 2 aliphatic heterocycles. The van der Waals surface area contributed by atoms with Crippen molar-refractivity contribution in [3.05, 3.63) is 65.9 Å². The Labute approximate surface area is 180 Å². The normalized spacial score (nSPS) is 17.8. The van der Waals surface area contributed by atoms with Crippen LogP contribution in [-0.2, 0) is 12.6 Å². The molecule has 2 aromatic carbocycles. The van der Waals surface area contributed by atoms with Gasteiger partial charge in [0.05, 0.1) is 11.8 Å². The minimum Gasteiger partial charge on any atom is -0.487 e. The molecule has 156 valence electrons. The number of hydrogen-bond acceptors (Lipinski definition) is 5. The zero-order valence-corrected chi connectivity index (χ0v) is 17.6. The molecular formula is C22H19F3N2OS2. The van der Waals surface area contributed by atoms with E-state index in [2.05, 4.69) is 16.0 Å². The summed E-state index contributed by atoms with van der Waals surface area (Å²) >= 11 is 2.51. The van der Waals surface area contributed by atoms with Crippen molar-refractivity contribution in [3.63, 3.8) is 0 Å². The van der Waals surface area contributed by atoms with Gasteiger partial charge in [0.25, 0.3) is 0 Å². The second-order valence-corrected chi connectivity index (χ2v) is 9.92. The Morgan fingerprint density at radius 2 is 1.77 bits per heavy atom. The smallest absolute Gasteiger partial charge is 0.417 e. The monoisotopic (exact) mass is 448 g/mol. The molecule has 1 fully saturated rings. The van der Waals surface area contributed by atoms with Crippen molar-refractivity contribution >= 4 is 28.1 Å². The highest BCUT2D eigenvalue weighted by Gasteiger charge is 2.42. The molecule has 1 saturated heterocycles. The Kier molecular flexibility index (Phi) is 4.94. The number of piperidine rings is 1. The van der Waals surface area contributed by atoms with Gasteiger partial charge in [0, 0.05) is 37.2 Å².